The lowest BCUT2D eigenvalue weighted by Gasteiger charge is -2.11. The molecule has 0 aliphatic heterocycles. The topological polar surface area (TPSA) is 57.5 Å². The van der Waals surface area contributed by atoms with Gasteiger partial charge in [-0.05, 0) is 29.2 Å². The van der Waals surface area contributed by atoms with Crippen LogP contribution in [-0.4, -0.2) is 16.2 Å². The number of benzene rings is 1. The van der Waals surface area contributed by atoms with Crippen LogP contribution in [-0.2, 0) is 6.61 Å². The average Bonchev–Trinajstić information content (AvgIpc) is 2.16. The molecular formula is C11H14O3. The molecule has 1 aromatic carbocycles. The molecule has 14 heavy (non-hydrogen) atoms. The summed E-state index contributed by atoms with van der Waals surface area (Å²) in [6, 6.07) is 4.86. The smallest absolute Gasteiger partial charge is 0.335 e. The van der Waals surface area contributed by atoms with Crippen molar-refractivity contribution >= 4 is 5.97 Å². The Morgan fingerprint density at radius 1 is 1.43 bits per heavy atom. The highest BCUT2D eigenvalue weighted by Crippen LogP contribution is 2.20. The number of aromatic carboxylic acids is 1. The van der Waals surface area contributed by atoms with Crippen LogP contribution in [0.4, 0.5) is 0 Å². The second-order valence-electron chi connectivity index (χ2n) is 3.53. The van der Waals surface area contributed by atoms with Crippen molar-refractivity contribution in [3.05, 3.63) is 34.9 Å². The Hall–Kier alpha value is -1.35. The molecule has 0 spiro atoms. The van der Waals surface area contributed by atoms with Crippen molar-refractivity contribution < 1.29 is 15.0 Å². The van der Waals surface area contributed by atoms with Gasteiger partial charge in [0.25, 0.3) is 0 Å². The molecule has 0 heterocycles. The quantitative estimate of drug-likeness (QED) is 0.773. The Labute approximate surface area is 83.0 Å². The van der Waals surface area contributed by atoms with Gasteiger partial charge in [-0.3, -0.25) is 0 Å². The van der Waals surface area contributed by atoms with Crippen molar-refractivity contribution in [2.45, 2.75) is 26.4 Å². The fourth-order valence-electron chi connectivity index (χ4n) is 1.44. The molecule has 0 amide bonds. The Bertz CT molecular complexity index is 342. The maximum Gasteiger partial charge on any atom is 0.335 e. The summed E-state index contributed by atoms with van der Waals surface area (Å²) in [6.07, 6.45) is 0. The van der Waals surface area contributed by atoms with Gasteiger partial charge in [-0.2, -0.15) is 0 Å². The first-order chi connectivity index (χ1) is 6.56. The van der Waals surface area contributed by atoms with E-state index in [0.29, 0.717) is 11.5 Å². The van der Waals surface area contributed by atoms with Gasteiger partial charge in [-0.15, -0.1) is 0 Å². The van der Waals surface area contributed by atoms with Crippen molar-refractivity contribution in [3.63, 3.8) is 0 Å². The third-order valence-corrected chi connectivity index (χ3v) is 2.18. The molecule has 3 nitrogen and oxygen atoms in total. The minimum atomic E-state index is -0.963. The van der Waals surface area contributed by atoms with E-state index in [2.05, 4.69) is 0 Å². The fourth-order valence-corrected chi connectivity index (χ4v) is 1.44. The van der Waals surface area contributed by atoms with E-state index in [4.69, 9.17) is 10.2 Å². The predicted octanol–water partition coefficient (Wildman–Crippen LogP) is 2.00. The lowest BCUT2D eigenvalue weighted by Crippen LogP contribution is -2.02. The van der Waals surface area contributed by atoms with Crippen LogP contribution < -0.4 is 0 Å². The molecule has 1 aromatic rings. The van der Waals surface area contributed by atoms with Crippen molar-refractivity contribution in [1.82, 2.24) is 0 Å². The molecule has 0 aliphatic carbocycles. The second kappa shape index (κ2) is 4.24. The van der Waals surface area contributed by atoms with E-state index in [1.807, 2.05) is 13.8 Å². The second-order valence-corrected chi connectivity index (χ2v) is 3.53. The van der Waals surface area contributed by atoms with Gasteiger partial charge >= 0.3 is 5.97 Å². The molecule has 0 atom stereocenters. The van der Waals surface area contributed by atoms with E-state index in [-0.39, 0.29) is 12.2 Å². The van der Waals surface area contributed by atoms with Gasteiger partial charge in [0.2, 0.25) is 0 Å². The van der Waals surface area contributed by atoms with E-state index in [0.717, 1.165) is 5.56 Å². The van der Waals surface area contributed by atoms with E-state index < -0.39 is 5.97 Å². The zero-order valence-electron chi connectivity index (χ0n) is 8.32. The normalized spacial score (nSPS) is 10.6. The molecule has 0 saturated carbocycles. The first-order valence-electron chi connectivity index (χ1n) is 4.53. The summed E-state index contributed by atoms with van der Waals surface area (Å²) < 4.78 is 0. The van der Waals surface area contributed by atoms with Gasteiger partial charge in [0.05, 0.1) is 12.2 Å². The van der Waals surface area contributed by atoms with E-state index >= 15 is 0 Å². The van der Waals surface area contributed by atoms with Gasteiger partial charge in [0.1, 0.15) is 0 Å². The van der Waals surface area contributed by atoms with Crippen LogP contribution in [0.1, 0.15) is 41.3 Å². The minimum Gasteiger partial charge on any atom is -0.478 e. The molecule has 3 heteroatoms. The Balaban J connectivity index is 3.18. The molecule has 0 radical (unpaired) electrons. The zero-order valence-corrected chi connectivity index (χ0v) is 8.32. The number of aliphatic hydroxyl groups is 1. The summed E-state index contributed by atoms with van der Waals surface area (Å²) in [5.74, 6) is -0.671. The van der Waals surface area contributed by atoms with E-state index in [1.165, 1.54) is 6.07 Å². The monoisotopic (exact) mass is 194 g/mol. The first kappa shape index (κ1) is 10.7. The summed E-state index contributed by atoms with van der Waals surface area (Å²) in [4.78, 5) is 10.7. The Morgan fingerprint density at radius 2 is 2.07 bits per heavy atom. The molecule has 0 aliphatic rings. The lowest BCUT2D eigenvalue weighted by molar-refractivity contribution is 0.0696. The standard InChI is InChI=1S/C11H14O3/c1-7(2)10-4-3-8(11(13)14)5-9(10)6-12/h3-5,7,12H,6H2,1-2H3,(H,13,14). The van der Waals surface area contributed by atoms with Crippen LogP contribution in [0.15, 0.2) is 18.2 Å². The number of hydrogen-bond acceptors (Lipinski definition) is 2. The molecular weight excluding hydrogens is 180 g/mol. The summed E-state index contributed by atoms with van der Waals surface area (Å²) in [6.45, 7) is 3.90. The third-order valence-electron chi connectivity index (χ3n) is 2.18. The number of rotatable bonds is 3. The van der Waals surface area contributed by atoms with Crippen LogP contribution in [0, 0.1) is 0 Å². The number of carbonyl (C=O) groups is 1. The molecule has 0 saturated heterocycles. The van der Waals surface area contributed by atoms with Crippen molar-refractivity contribution in [3.8, 4) is 0 Å². The van der Waals surface area contributed by atoms with Crippen molar-refractivity contribution in [2.24, 2.45) is 0 Å². The SMILES string of the molecule is CC(C)c1ccc(C(=O)O)cc1CO. The van der Waals surface area contributed by atoms with Gasteiger partial charge in [-0.1, -0.05) is 19.9 Å². The van der Waals surface area contributed by atoms with Crippen LogP contribution in [0.3, 0.4) is 0 Å². The highest BCUT2D eigenvalue weighted by Gasteiger charge is 2.09. The number of carboxylic acids is 1. The Kier molecular flexibility index (Phi) is 3.25. The summed E-state index contributed by atoms with van der Waals surface area (Å²) in [5, 5.41) is 17.8. The minimum absolute atomic E-state index is 0.116. The zero-order chi connectivity index (χ0) is 10.7. The Morgan fingerprint density at radius 3 is 2.50 bits per heavy atom. The number of aliphatic hydroxyl groups excluding tert-OH is 1. The highest BCUT2D eigenvalue weighted by molar-refractivity contribution is 5.87. The van der Waals surface area contributed by atoms with Crippen molar-refractivity contribution in [2.75, 3.05) is 0 Å². The molecule has 0 fully saturated rings. The van der Waals surface area contributed by atoms with E-state index in [9.17, 15) is 4.79 Å². The molecule has 0 bridgehead atoms. The van der Waals surface area contributed by atoms with E-state index in [1.54, 1.807) is 12.1 Å². The van der Waals surface area contributed by atoms with Gasteiger partial charge in [-0.25, -0.2) is 4.79 Å². The largest absolute Gasteiger partial charge is 0.478 e. The molecule has 0 unspecified atom stereocenters. The first-order valence-corrected chi connectivity index (χ1v) is 4.53. The molecule has 76 valence electrons. The van der Waals surface area contributed by atoms with Crippen LogP contribution >= 0.6 is 0 Å². The van der Waals surface area contributed by atoms with Gasteiger partial charge in [0.15, 0.2) is 0 Å². The maximum atomic E-state index is 10.7. The maximum absolute atomic E-state index is 10.7. The number of carboxylic acid groups (broad SMARTS) is 1. The van der Waals surface area contributed by atoms with Crippen LogP contribution in [0.2, 0.25) is 0 Å². The van der Waals surface area contributed by atoms with Crippen molar-refractivity contribution in [1.29, 1.82) is 0 Å². The average molecular weight is 194 g/mol. The highest BCUT2D eigenvalue weighted by atomic mass is 16.4. The number of hydrogen-bond donors (Lipinski definition) is 2. The molecule has 0 aromatic heterocycles. The summed E-state index contributed by atoms with van der Waals surface area (Å²) in [7, 11) is 0. The summed E-state index contributed by atoms with van der Waals surface area (Å²) >= 11 is 0. The summed E-state index contributed by atoms with van der Waals surface area (Å²) in [5.41, 5.74) is 1.91. The molecule has 1 rings (SSSR count). The lowest BCUT2D eigenvalue weighted by atomic mass is 9.96. The fraction of sp³-hybridized carbons (Fsp3) is 0.364. The van der Waals surface area contributed by atoms with Crippen LogP contribution in [0.25, 0.3) is 0 Å². The van der Waals surface area contributed by atoms with Gasteiger partial charge < -0.3 is 10.2 Å². The molecule has 2 N–H and O–H groups in total. The third kappa shape index (κ3) is 2.12. The predicted molar refractivity (Wildman–Crippen MR) is 53.4 cm³/mol. The van der Waals surface area contributed by atoms with Gasteiger partial charge in [0, 0.05) is 0 Å². The van der Waals surface area contributed by atoms with Crippen LogP contribution in [0.5, 0.6) is 0 Å².